The van der Waals surface area contributed by atoms with Gasteiger partial charge in [0.25, 0.3) is 0 Å². The molecule has 7 nitrogen and oxygen atoms in total. The third-order valence-corrected chi connectivity index (χ3v) is 7.53. The van der Waals surface area contributed by atoms with Crippen LogP contribution < -0.4 is 9.62 Å². The summed E-state index contributed by atoms with van der Waals surface area (Å²) in [4.78, 5) is 29.0. The molecule has 0 heterocycles. The predicted octanol–water partition coefficient (Wildman–Crippen LogP) is 5.23. The van der Waals surface area contributed by atoms with Crippen molar-refractivity contribution in [2.24, 2.45) is 0 Å². The van der Waals surface area contributed by atoms with Gasteiger partial charge >= 0.3 is 0 Å². The van der Waals surface area contributed by atoms with Crippen molar-refractivity contribution >= 4 is 50.7 Å². The van der Waals surface area contributed by atoms with Gasteiger partial charge in [0.1, 0.15) is 12.6 Å². The Morgan fingerprint density at radius 3 is 2.08 bits per heavy atom. The molecular formula is C29H33Cl2N3O4S. The third-order valence-electron chi connectivity index (χ3n) is 5.95. The van der Waals surface area contributed by atoms with Crippen LogP contribution in [-0.2, 0) is 32.6 Å². The molecule has 0 aliphatic heterocycles. The minimum Gasteiger partial charge on any atom is -0.352 e. The Morgan fingerprint density at radius 1 is 0.897 bits per heavy atom. The molecule has 0 aliphatic rings. The first-order valence-corrected chi connectivity index (χ1v) is 15.1. The number of hydrogen-bond acceptors (Lipinski definition) is 4. The summed E-state index contributed by atoms with van der Waals surface area (Å²) < 4.78 is 26.6. The lowest BCUT2D eigenvalue weighted by atomic mass is 10.0. The number of aryl methyl sites for hydroxylation is 1. The van der Waals surface area contributed by atoms with E-state index in [4.69, 9.17) is 23.2 Å². The molecule has 0 spiro atoms. The first-order chi connectivity index (χ1) is 18.3. The van der Waals surface area contributed by atoms with E-state index in [0.717, 1.165) is 27.3 Å². The zero-order valence-corrected chi connectivity index (χ0v) is 24.7. The minimum atomic E-state index is -3.92. The van der Waals surface area contributed by atoms with E-state index in [9.17, 15) is 18.0 Å². The molecule has 0 bridgehead atoms. The number of halogens is 2. The monoisotopic (exact) mass is 589 g/mol. The SMILES string of the molecule is Cc1cccc(CN(C(=O)CN(c2cc(Cl)cc(Cl)c2)S(C)(=O)=O)C(Cc2ccccc2)C(=O)NC(C)C)c1. The van der Waals surface area contributed by atoms with Gasteiger partial charge in [-0.3, -0.25) is 13.9 Å². The van der Waals surface area contributed by atoms with Crippen LogP contribution in [0.4, 0.5) is 5.69 Å². The van der Waals surface area contributed by atoms with Gasteiger partial charge in [-0.05, 0) is 50.1 Å². The lowest BCUT2D eigenvalue weighted by Crippen LogP contribution is -2.54. The van der Waals surface area contributed by atoms with E-state index in [0.29, 0.717) is 0 Å². The number of amides is 2. The molecule has 0 aromatic heterocycles. The van der Waals surface area contributed by atoms with Crippen LogP contribution in [-0.4, -0.2) is 50.0 Å². The highest BCUT2D eigenvalue weighted by Crippen LogP contribution is 2.27. The third kappa shape index (κ3) is 8.98. The maximum absolute atomic E-state index is 14.0. The van der Waals surface area contributed by atoms with Crippen LogP contribution in [0.1, 0.15) is 30.5 Å². The van der Waals surface area contributed by atoms with E-state index in [2.05, 4.69) is 5.32 Å². The first kappa shape index (κ1) is 30.5. The molecule has 1 unspecified atom stereocenters. The van der Waals surface area contributed by atoms with Crippen LogP contribution in [0.25, 0.3) is 0 Å². The van der Waals surface area contributed by atoms with Gasteiger partial charge in [0.05, 0.1) is 11.9 Å². The Hall–Kier alpha value is -3.07. The van der Waals surface area contributed by atoms with Crippen molar-refractivity contribution in [2.45, 2.75) is 45.8 Å². The molecule has 10 heteroatoms. The van der Waals surface area contributed by atoms with Crippen LogP contribution in [0.15, 0.2) is 72.8 Å². The summed E-state index contributed by atoms with van der Waals surface area (Å²) in [5, 5.41) is 3.39. The second-order valence-corrected chi connectivity index (χ2v) is 12.6. The molecule has 2 amide bonds. The molecular weight excluding hydrogens is 557 g/mol. The molecule has 3 aromatic carbocycles. The fraction of sp³-hybridized carbons (Fsp3) is 0.310. The maximum Gasteiger partial charge on any atom is 0.244 e. The van der Waals surface area contributed by atoms with E-state index in [1.807, 2.05) is 75.4 Å². The van der Waals surface area contributed by atoms with Crippen molar-refractivity contribution < 1.29 is 18.0 Å². The number of hydrogen-bond donors (Lipinski definition) is 1. The number of rotatable bonds is 11. The van der Waals surface area contributed by atoms with Gasteiger partial charge in [-0.1, -0.05) is 83.4 Å². The van der Waals surface area contributed by atoms with Gasteiger partial charge in [-0.15, -0.1) is 0 Å². The van der Waals surface area contributed by atoms with Crippen molar-refractivity contribution in [3.8, 4) is 0 Å². The summed E-state index contributed by atoms with van der Waals surface area (Å²) in [5.41, 5.74) is 2.84. The number of sulfonamides is 1. The summed E-state index contributed by atoms with van der Waals surface area (Å²) in [6.45, 7) is 5.20. The highest BCUT2D eigenvalue weighted by atomic mass is 35.5. The van der Waals surface area contributed by atoms with Crippen LogP contribution in [0, 0.1) is 6.92 Å². The zero-order chi connectivity index (χ0) is 28.7. The summed E-state index contributed by atoms with van der Waals surface area (Å²) in [5.74, 6) is -0.871. The highest BCUT2D eigenvalue weighted by Gasteiger charge is 2.33. The number of nitrogens with zero attached hydrogens (tertiary/aromatic N) is 2. The number of carbonyl (C=O) groups excluding carboxylic acids is 2. The molecule has 208 valence electrons. The standard InChI is InChI=1S/C29H33Cl2N3O4S/c1-20(2)32-29(36)27(14-22-10-6-5-7-11-22)33(18-23-12-8-9-21(3)13-23)28(35)19-34(39(4,37)38)26-16-24(30)15-25(31)17-26/h5-13,15-17,20,27H,14,18-19H2,1-4H3,(H,32,36). The van der Waals surface area contributed by atoms with Crippen molar-refractivity contribution in [3.63, 3.8) is 0 Å². The molecule has 0 fully saturated rings. The van der Waals surface area contributed by atoms with E-state index in [-0.39, 0.29) is 40.6 Å². The lowest BCUT2D eigenvalue weighted by molar-refractivity contribution is -0.140. The Balaban J connectivity index is 2.07. The number of anilines is 1. The Bertz CT molecular complexity index is 1390. The maximum atomic E-state index is 14.0. The molecule has 39 heavy (non-hydrogen) atoms. The fourth-order valence-electron chi connectivity index (χ4n) is 4.24. The van der Waals surface area contributed by atoms with Crippen LogP contribution in [0.5, 0.6) is 0 Å². The lowest BCUT2D eigenvalue weighted by Gasteiger charge is -2.34. The van der Waals surface area contributed by atoms with Crippen molar-refractivity contribution in [2.75, 3.05) is 17.1 Å². The Kier molecular flexibility index (Phi) is 10.4. The summed E-state index contributed by atoms with van der Waals surface area (Å²) in [6.07, 6.45) is 1.26. The molecule has 3 aromatic rings. The van der Waals surface area contributed by atoms with E-state index >= 15 is 0 Å². The smallest absolute Gasteiger partial charge is 0.244 e. The van der Waals surface area contributed by atoms with Gasteiger partial charge < -0.3 is 10.2 Å². The molecule has 1 N–H and O–H groups in total. The van der Waals surface area contributed by atoms with Crippen molar-refractivity contribution in [1.82, 2.24) is 10.2 Å². The minimum absolute atomic E-state index is 0.109. The Labute approximate surface area is 240 Å². The van der Waals surface area contributed by atoms with Gasteiger partial charge in [0, 0.05) is 29.1 Å². The van der Waals surface area contributed by atoms with Gasteiger partial charge in [0.2, 0.25) is 21.8 Å². The van der Waals surface area contributed by atoms with Gasteiger partial charge in [-0.25, -0.2) is 8.42 Å². The molecule has 3 rings (SSSR count). The average molecular weight is 591 g/mol. The largest absolute Gasteiger partial charge is 0.352 e. The zero-order valence-electron chi connectivity index (χ0n) is 22.4. The number of nitrogens with one attached hydrogen (secondary N) is 1. The molecule has 1 atom stereocenters. The quantitative estimate of drug-likeness (QED) is 0.331. The van der Waals surface area contributed by atoms with E-state index < -0.39 is 28.5 Å². The normalized spacial score (nSPS) is 12.2. The van der Waals surface area contributed by atoms with E-state index in [1.54, 1.807) is 0 Å². The molecule has 0 aliphatic carbocycles. The van der Waals surface area contributed by atoms with Gasteiger partial charge in [-0.2, -0.15) is 0 Å². The highest BCUT2D eigenvalue weighted by molar-refractivity contribution is 7.92. The van der Waals surface area contributed by atoms with E-state index in [1.165, 1.54) is 23.1 Å². The Morgan fingerprint density at radius 2 is 1.51 bits per heavy atom. The predicted molar refractivity (Wildman–Crippen MR) is 158 cm³/mol. The molecule has 0 saturated carbocycles. The van der Waals surface area contributed by atoms with Crippen molar-refractivity contribution in [3.05, 3.63) is 99.5 Å². The van der Waals surface area contributed by atoms with Crippen LogP contribution in [0.2, 0.25) is 10.0 Å². The van der Waals surface area contributed by atoms with Gasteiger partial charge in [0.15, 0.2) is 0 Å². The van der Waals surface area contributed by atoms with Crippen LogP contribution in [0.3, 0.4) is 0 Å². The molecule has 0 saturated heterocycles. The summed E-state index contributed by atoms with van der Waals surface area (Å²) in [6, 6.07) is 20.3. The van der Waals surface area contributed by atoms with Crippen LogP contribution >= 0.6 is 23.2 Å². The second-order valence-electron chi connectivity index (χ2n) is 9.78. The summed E-state index contributed by atoms with van der Waals surface area (Å²) >= 11 is 12.3. The van der Waals surface area contributed by atoms with Crippen molar-refractivity contribution in [1.29, 1.82) is 0 Å². The number of benzene rings is 3. The summed E-state index contributed by atoms with van der Waals surface area (Å²) in [7, 11) is -3.92. The first-order valence-electron chi connectivity index (χ1n) is 12.5. The topological polar surface area (TPSA) is 86.8 Å². The fourth-order valence-corrected chi connectivity index (χ4v) is 5.59. The average Bonchev–Trinajstić information content (AvgIpc) is 2.83. The molecule has 0 radical (unpaired) electrons. The second kappa shape index (κ2) is 13.3. The number of carbonyl (C=O) groups is 2.